The van der Waals surface area contributed by atoms with Crippen LogP contribution in [-0.4, -0.2) is 31.6 Å². The monoisotopic (exact) mass is 347 g/mol. The van der Waals surface area contributed by atoms with Gasteiger partial charge in [0, 0.05) is 19.7 Å². The minimum atomic E-state index is -2.93. The Hall–Kier alpha value is -2.89. The number of hydrogen-bond acceptors (Lipinski definition) is 3. The van der Waals surface area contributed by atoms with Crippen molar-refractivity contribution in [3.63, 3.8) is 0 Å². The van der Waals surface area contributed by atoms with E-state index < -0.39 is 6.61 Å². The van der Waals surface area contributed by atoms with Gasteiger partial charge in [-0.3, -0.25) is 4.79 Å². The Morgan fingerprint density at radius 2 is 1.88 bits per heavy atom. The molecule has 25 heavy (non-hydrogen) atoms. The minimum absolute atomic E-state index is 0.0535. The zero-order valence-corrected chi connectivity index (χ0v) is 14.0. The maximum Gasteiger partial charge on any atom is 0.387 e. The predicted molar refractivity (Wildman–Crippen MR) is 91.6 cm³/mol. The van der Waals surface area contributed by atoms with E-state index in [4.69, 9.17) is 4.74 Å². The molecule has 4 nitrogen and oxygen atoms in total. The normalized spacial score (nSPS) is 10.9. The van der Waals surface area contributed by atoms with Gasteiger partial charge in [0.1, 0.15) is 0 Å². The second kappa shape index (κ2) is 8.82. The molecular formula is C19H19F2NO3. The van der Waals surface area contributed by atoms with E-state index in [1.807, 2.05) is 30.3 Å². The van der Waals surface area contributed by atoms with E-state index in [2.05, 4.69) is 4.74 Å². The zero-order chi connectivity index (χ0) is 18.2. The lowest BCUT2D eigenvalue weighted by Crippen LogP contribution is -2.24. The van der Waals surface area contributed by atoms with Crippen LogP contribution < -0.4 is 9.47 Å². The molecule has 2 aromatic carbocycles. The molecular weight excluding hydrogens is 328 g/mol. The molecule has 0 saturated heterocycles. The van der Waals surface area contributed by atoms with Gasteiger partial charge in [0.15, 0.2) is 11.5 Å². The van der Waals surface area contributed by atoms with E-state index in [9.17, 15) is 13.6 Å². The van der Waals surface area contributed by atoms with Crippen LogP contribution in [0.1, 0.15) is 11.1 Å². The number of likely N-dealkylation sites (N-methyl/N-ethyl adjacent to an activating group) is 1. The number of nitrogens with zero attached hydrogens (tertiary/aromatic N) is 1. The van der Waals surface area contributed by atoms with Crippen LogP contribution >= 0.6 is 0 Å². The van der Waals surface area contributed by atoms with Gasteiger partial charge in [0.2, 0.25) is 5.91 Å². The lowest BCUT2D eigenvalue weighted by molar-refractivity contribution is -0.125. The third kappa shape index (κ3) is 5.60. The first-order valence-corrected chi connectivity index (χ1v) is 7.59. The third-order valence-corrected chi connectivity index (χ3v) is 3.46. The summed E-state index contributed by atoms with van der Waals surface area (Å²) in [4.78, 5) is 13.8. The van der Waals surface area contributed by atoms with Gasteiger partial charge in [-0.2, -0.15) is 8.78 Å². The van der Waals surface area contributed by atoms with Crippen molar-refractivity contribution in [3.05, 3.63) is 65.7 Å². The molecule has 0 saturated carbocycles. The van der Waals surface area contributed by atoms with E-state index in [-0.39, 0.29) is 17.4 Å². The van der Waals surface area contributed by atoms with Crippen molar-refractivity contribution in [2.24, 2.45) is 0 Å². The molecule has 0 fully saturated rings. The molecule has 0 aromatic heterocycles. The van der Waals surface area contributed by atoms with Gasteiger partial charge in [-0.25, -0.2) is 0 Å². The molecule has 1 amide bonds. The summed E-state index contributed by atoms with van der Waals surface area (Å²) < 4.78 is 34.0. The van der Waals surface area contributed by atoms with Crippen molar-refractivity contribution in [2.45, 2.75) is 13.2 Å². The van der Waals surface area contributed by atoms with E-state index in [1.165, 1.54) is 25.3 Å². The molecule has 0 aliphatic rings. The van der Waals surface area contributed by atoms with Crippen LogP contribution in [0, 0.1) is 0 Å². The Labute approximate surface area is 145 Å². The van der Waals surface area contributed by atoms with E-state index in [1.54, 1.807) is 24.1 Å². The summed E-state index contributed by atoms with van der Waals surface area (Å²) in [5.41, 5.74) is 1.67. The number of carbonyl (C=O) groups is 1. The third-order valence-electron chi connectivity index (χ3n) is 3.46. The fourth-order valence-corrected chi connectivity index (χ4v) is 2.21. The summed E-state index contributed by atoms with van der Waals surface area (Å²) in [5.74, 6) is -0.0505. The Balaban J connectivity index is 2.03. The van der Waals surface area contributed by atoms with Gasteiger partial charge >= 0.3 is 6.61 Å². The first-order valence-electron chi connectivity index (χ1n) is 7.59. The molecule has 2 rings (SSSR count). The average Bonchev–Trinajstić information content (AvgIpc) is 2.60. The van der Waals surface area contributed by atoms with Crippen LogP contribution in [0.15, 0.2) is 54.6 Å². The number of rotatable bonds is 7. The van der Waals surface area contributed by atoms with Gasteiger partial charge in [0.25, 0.3) is 0 Å². The highest BCUT2D eigenvalue weighted by atomic mass is 19.3. The summed E-state index contributed by atoms with van der Waals surface area (Å²) in [5, 5.41) is 0. The summed E-state index contributed by atoms with van der Waals surface area (Å²) in [7, 11) is 3.07. The van der Waals surface area contributed by atoms with Crippen LogP contribution in [0.4, 0.5) is 8.78 Å². The predicted octanol–water partition coefficient (Wildman–Crippen LogP) is 3.97. The minimum Gasteiger partial charge on any atom is -0.493 e. The highest BCUT2D eigenvalue weighted by Gasteiger charge is 2.11. The quantitative estimate of drug-likeness (QED) is 0.712. The molecule has 0 bridgehead atoms. The van der Waals surface area contributed by atoms with Crippen LogP contribution in [0.5, 0.6) is 11.5 Å². The molecule has 0 spiro atoms. The number of alkyl halides is 2. The Morgan fingerprint density at radius 3 is 2.52 bits per heavy atom. The van der Waals surface area contributed by atoms with Gasteiger partial charge in [-0.1, -0.05) is 36.4 Å². The van der Waals surface area contributed by atoms with Crippen molar-refractivity contribution >= 4 is 12.0 Å². The topological polar surface area (TPSA) is 38.8 Å². The molecule has 0 radical (unpaired) electrons. The number of carbonyl (C=O) groups excluding carboxylic acids is 1. The number of methoxy groups -OCH3 is 1. The second-order valence-corrected chi connectivity index (χ2v) is 5.30. The van der Waals surface area contributed by atoms with Crippen molar-refractivity contribution in [1.82, 2.24) is 4.90 Å². The molecule has 0 atom stereocenters. The molecule has 2 aromatic rings. The van der Waals surface area contributed by atoms with Gasteiger partial charge in [0.05, 0.1) is 7.11 Å². The molecule has 0 aliphatic heterocycles. The Morgan fingerprint density at radius 1 is 1.16 bits per heavy atom. The molecule has 6 heteroatoms. The number of halogens is 2. The smallest absolute Gasteiger partial charge is 0.387 e. The number of benzene rings is 2. The first kappa shape index (κ1) is 18.4. The van der Waals surface area contributed by atoms with E-state index in [0.717, 1.165) is 5.56 Å². The first-order chi connectivity index (χ1) is 12.0. The average molecular weight is 347 g/mol. The number of hydrogen-bond donors (Lipinski definition) is 0. The summed E-state index contributed by atoms with van der Waals surface area (Å²) in [6.45, 7) is -2.43. The largest absolute Gasteiger partial charge is 0.493 e. The van der Waals surface area contributed by atoms with Crippen LogP contribution in [0.3, 0.4) is 0 Å². The van der Waals surface area contributed by atoms with Crippen molar-refractivity contribution in [2.75, 3.05) is 14.2 Å². The molecule has 0 N–H and O–H groups in total. The van der Waals surface area contributed by atoms with Crippen molar-refractivity contribution < 1.29 is 23.0 Å². The van der Waals surface area contributed by atoms with E-state index >= 15 is 0 Å². The fourth-order valence-electron chi connectivity index (χ4n) is 2.21. The van der Waals surface area contributed by atoms with Crippen molar-refractivity contribution in [1.29, 1.82) is 0 Å². The molecule has 0 aliphatic carbocycles. The zero-order valence-electron chi connectivity index (χ0n) is 14.0. The van der Waals surface area contributed by atoms with Crippen LogP contribution in [-0.2, 0) is 11.3 Å². The van der Waals surface area contributed by atoms with Gasteiger partial charge in [-0.15, -0.1) is 0 Å². The van der Waals surface area contributed by atoms with Crippen LogP contribution in [0.2, 0.25) is 0 Å². The van der Waals surface area contributed by atoms with E-state index in [0.29, 0.717) is 12.1 Å². The molecule has 0 heterocycles. The maximum absolute atomic E-state index is 12.3. The molecule has 132 valence electrons. The SMILES string of the molecule is COc1cc(/C=C/C(=O)N(C)Cc2ccccc2)ccc1OC(F)F. The highest BCUT2D eigenvalue weighted by molar-refractivity contribution is 5.91. The summed E-state index contributed by atoms with van der Waals surface area (Å²) >= 11 is 0. The van der Waals surface area contributed by atoms with Gasteiger partial charge < -0.3 is 14.4 Å². The highest BCUT2D eigenvalue weighted by Crippen LogP contribution is 2.29. The summed E-state index contributed by atoms with van der Waals surface area (Å²) in [6, 6.07) is 14.1. The van der Waals surface area contributed by atoms with Gasteiger partial charge in [-0.05, 0) is 29.3 Å². The standard InChI is InChI=1S/C19H19F2NO3/c1-22(13-15-6-4-3-5-7-15)18(23)11-9-14-8-10-16(25-19(20)21)17(12-14)24-2/h3-12,19H,13H2,1-2H3/b11-9+. The molecule has 0 unspecified atom stereocenters. The lowest BCUT2D eigenvalue weighted by Gasteiger charge is -2.15. The Kier molecular flexibility index (Phi) is 6.51. The van der Waals surface area contributed by atoms with Crippen molar-refractivity contribution in [3.8, 4) is 11.5 Å². The number of amides is 1. The Bertz CT molecular complexity index is 733. The fraction of sp³-hybridized carbons (Fsp3) is 0.211. The summed E-state index contributed by atoms with van der Waals surface area (Å²) in [6.07, 6.45) is 3.02. The second-order valence-electron chi connectivity index (χ2n) is 5.30. The maximum atomic E-state index is 12.3. The number of ether oxygens (including phenoxy) is 2. The lowest BCUT2D eigenvalue weighted by atomic mass is 10.1. The van der Waals surface area contributed by atoms with Crippen LogP contribution in [0.25, 0.3) is 6.08 Å².